The van der Waals surface area contributed by atoms with Gasteiger partial charge in [0.25, 0.3) is 20.2 Å². The van der Waals surface area contributed by atoms with E-state index in [1.54, 1.807) is 59.9 Å². The molecule has 6 nitrogen and oxygen atoms in total. The number of benzene rings is 2. The molecule has 0 fully saturated rings. The summed E-state index contributed by atoms with van der Waals surface area (Å²) in [4.78, 5) is 2.87. The van der Waals surface area contributed by atoms with Crippen LogP contribution in [0.1, 0.15) is 46.6 Å². The van der Waals surface area contributed by atoms with Gasteiger partial charge in [-0.05, 0) is 88.8 Å². The Hall–Kier alpha value is -2.04. The topological polar surface area (TPSA) is 86.7 Å². The number of hydrogen-bond donors (Lipinski definition) is 0. The molecule has 0 aliphatic rings. The van der Waals surface area contributed by atoms with Crippen molar-refractivity contribution < 1.29 is 25.2 Å². The van der Waals surface area contributed by atoms with Crippen LogP contribution in [0, 0.1) is 13.8 Å². The minimum Gasteiger partial charge on any atom is -0.266 e. The molecule has 0 radical (unpaired) electrons. The summed E-state index contributed by atoms with van der Waals surface area (Å²) >= 11 is 1.74. The van der Waals surface area contributed by atoms with Gasteiger partial charge < -0.3 is 0 Å². The molecule has 3 aromatic rings. The third-order valence-electron chi connectivity index (χ3n) is 5.45. The van der Waals surface area contributed by atoms with Gasteiger partial charge in [-0.3, -0.25) is 8.37 Å². The second-order valence-corrected chi connectivity index (χ2v) is 12.9. The fourth-order valence-corrected chi connectivity index (χ4v) is 6.36. The van der Waals surface area contributed by atoms with E-state index in [4.69, 9.17) is 8.37 Å². The molecule has 0 N–H and O–H groups in total. The summed E-state index contributed by atoms with van der Waals surface area (Å²) in [6.07, 6.45) is 4.74. The summed E-state index contributed by atoms with van der Waals surface area (Å²) in [6.45, 7) is 4.14. The van der Waals surface area contributed by atoms with Crippen molar-refractivity contribution in [1.29, 1.82) is 0 Å². The van der Waals surface area contributed by atoms with Crippen molar-refractivity contribution in [3.05, 3.63) is 81.5 Å². The molecule has 35 heavy (non-hydrogen) atoms. The van der Waals surface area contributed by atoms with Crippen molar-refractivity contribution in [1.82, 2.24) is 0 Å². The third kappa shape index (κ3) is 8.84. The molecule has 1 aromatic heterocycles. The van der Waals surface area contributed by atoms with Gasteiger partial charge in [-0.2, -0.15) is 16.8 Å². The lowest BCUT2D eigenvalue weighted by molar-refractivity contribution is 0.308. The van der Waals surface area contributed by atoms with Crippen LogP contribution in [0.4, 0.5) is 0 Å². The summed E-state index contributed by atoms with van der Waals surface area (Å²) in [5.41, 5.74) is 2.00. The van der Waals surface area contributed by atoms with Gasteiger partial charge >= 0.3 is 0 Å². The van der Waals surface area contributed by atoms with Gasteiger partial charge in [0.1, 0.15) is 0 Å². The third-order valence-corrected chi connectivity index (χ3v) is 9.31. The van der Waals surface area contributed by atoms with Crippen molar-refractivity contribution in [2.45, 2.75) is 62.2 Å². The zero-order chi connectivity index (χ0) is 25.3. The predicted molar refractivity (Wildman–Crippen MR) is 139 cm³/mol. The van der Waals surface area contributed by atoms with Gasteiger partial charge in [-0.15, -0.1) is 11.3 Å². The Labute approximate surface area is 213 Å². The molecule has 9 heteroatoms. The summed E-state index contributed by atoms with van der Waals surface area (Å²) in [5.74, 6) is 0. The number of rotatable bonds is 14. The molecule has 190 valence electrons. The maximum Gasteiger partial charge on any atom is 0.296 e. The zero-order valence-corrected chi connectivity index (χ0v) is 22.6. The largest absolute Gasteiger partial charge is 0.296 e. The van der Waals surface area contributed by atoms with Crippen LogP contribution in [0.2, 0.25) is 0 Å². The minimum atomic E-state index is -3.71. The quantitative estimate of drug-likeness (QED) is 0.191. The lowest BCUT2D eigenvalue weighted by atomic mass is 10.2. The molecular formula is C26H32O6S3. The molecule has 0 bridgehead atoms. The second-order valence-electron chi connectivity index (χ2n) is 8.46. The smallest absolute Gasteiger partial charge is 0.266 e. The fraction of sp³-hybridized carbons (Fsp3) is 0.385. The number of hydrogen-bond acceptors (Lipinski definition) is 7. The van der Waals surface area contributed by atoms with Gasteiger partial charge in [-0.25, -0.2) is 0 Å². The van der Waals surface area contributed by atoms with Crippen LogP contribution in [0.15, 0.2) is 70.5 Å². The molecule has 0 aliphatic carbocycles. The molecule has 0 amide bonds. The molecule has 0 unspecified atom stereocenters. The fourth-order valence-electron chi connectivity index (χ4n) is 3.38. The second kappa shape index (κ2) is 12.8. The van der Waals surface area contributed by atoms with Crippen LogP contribution < -0.4 is 0 Å². The van der Waals surface area contributed by atoms with Gasteiger partial charge in [0.05, 0.1) is 23.0 Å². The molecule has 1 heterocycles. The Morgan fingerprint density at radius 2 is 0.943 bits per heavy atom. The summed E-state index contributed by atoms with van der Waals surface area (Å²) < 4.78 is 59.1. The highest BCUT2D eigenvalue weighted by Gasteiger charge is 2.15. The highest BCUT2D eigenvalue weighted by Crippen LogP contribution is 2.21. The van der Waals surface area contributed by atoms with Crippen LogP contribution in [-0.2, 0) is 41.4 Å². The van der Waals surface area contributed by atoms with Crippen LogP contribution in [-0.4, -0.2) is 30.0 Å². The van der Waals surface area contributed by atoms with Gasteiger partial charge in [-0.1, -0.05) is 35.4 Å². The summed E-state index contributed by atoms with van der Waals surface area (Å²) in [5, 5.41) is 0. The summed E-state index contributed by atoms with van der Waals surface area (Å²) in [6, 6.07) is 17.5. The summed E-state index contributed by atoms with van der Waals surface area (Å²) in [7, 11) is -7.41. The molecule has 2 aromatic carbocycles. The SMILES string of the molecule is Cc1ccc(S(=O)(=O)OCCCCc2ccc(CCCCOS(=O)(=O)c3ccc(C)cc3)s2)cc1. The number of thiophene rings is 1. The number of unbranched alkanes of at least 4 members (excludes halogenated alkanes) is 2. The maximum atomic E-state index is 12.2. The Morgan fingerprint density at radius 3 is 1.31 bits per heavy atom. The predicted octanol–water partition coefficient (Wildman–Crippen LogP) is 5.82. The van der Waals surface area contributed by atoms with E-state index >= 15 is 0 Å². The first kappa shape index (κ1) is 27.5. The molecule has 3 rings (SSSR count). The van der Waals surface area contributed by atoms with E-state index in [1.165, 1.54) is 9.75 Å². The van der Waals surface area contributed by atoms with Crippen molar-refractivity contribution in [2.24, 2.45) is 0 Å². The molecule has 0 aliphatic heterocycles. The molecule has 0 saturated heterocycles. The average molecular weight is 537 g/mol. The van der Waals surface area contributed by atoms with Crippen LogP contribution in [0.3, 0.4) is 0 Å². The van der Waals surface area contributed by atoms with Crippen LogP contribution >= 0.6 is 11.3 Å². The average Bonchev–Trinajstić information content (AvgIpc) is 3.26. The van der Waals surface area contributed by atoms with Gasteiger partial charge in [0, 0.05) is 9.75 Å². The molecule has 0 saturated carbocycles. The van der Waals surface area contributed by atoms with Crippen LogP contribution in [0.5, 0.6) is 0 Å². The Bertz CT molecular complexity index is 1180. The van der Waals surface area contributed by atoms with E-state index in [9.17, 15) is 16.8 Å². The van der Waals surface area contributed by atoms with E-state index in [-0.39, 0.29) is 23.0 Å². The lowest BCUT2D eigenvalue weighted by Crippen LogP contribution is -2.07. The normalized spacial score (nSPS) is 12.2. The lowest BCUT2D eigenvalue weighted by Gasteiger charge is -2.06. The van der Waals surface area contributed by atoms with E-state index in [0.29, 0.717) is 12.8 Å². The molecular weight excluding hydrogens is 504 g/mol. The first-order valence-corrected chi connectivity index (χ1v) is 15.3. The van der Waals surface area contributed by atoms with E-state index in [1.807, 2.05) is 13.8 Å². The van der Waals surface area contributed by atoms with Crippen molar-refractivity contribution in [3.8, 4) is 0 Å². The standard InChI is InChI=1S/C26H32O6S3/c1-21-9-15-25(16-10-21)34(27,28)31-19-5-3-7-23-13-14-24(33-23)8-4-6-20-32-35(29,30)26-17-11-22(2)12-18-26/h9-18H,3-8,19-20H2,1-2H3. The van der Waals surface area contributed by atoms with Crippen molar-refractivity contribution in [3.63, 3.8) is 0 Å². The Morgan fingerprint density at radius 1 is 0.571 bits per heavy atom. The van der Waals surface area contributed by atoms with E-state index in [2.05, 4.69) is 12.1 Å². The van der Waals surface area contributed by atoms with E-state index in [0.717, 1.165) is 36.8 Å². The highest BCUT2D eigenvalue weighted by molar-refractivity contribution is 7.87. The monoisotopic (exact) mass is 536 g/mol. The van der Waals surface area contributed by atoms with Gasteiger partial charge in [0.2, 0.25) is 0 Å². The zero-order valence-electron chi connectivity index (χ0n) is 20.1. The first-order valence-electron chi connectivity index (χ1n) is 11.7. The van der Waals surface area contributed by atoms with Crippen molar-refractivity contribution in [2.75, 3.05) is 13.2 Å². The molecule has 0 spiro atoms. The van der Waals surface area contributed by atoms with Crippen molar-refractivity contribution >= 4 is 31.6 Å². The molecule has 0 atom stereocenters. The number of aryl methyl sites for hydroxylation is 4. The maximum absolute atomic E-state index is 12.2. The van der Waals surface area contributed by atoms with E-state index < -0.39 is 20.2 Å². The van der Waals surface area contributed by atoms with Gasteiger partial charge in [0.15, 0.2) is 0 Å². The Balaban J connectivity index is 1.30. The van der Waals surface area contributed by atoms with Crippen LogP contribution in [0.25, 0.3) is 0 Å². The first-order chi connectivity index (χ1) is 16.7. The Kier molecular flexibility index (Phi) is 10.1. The highest BCUT2D eigenvalue weighted by atomic mass is 32.2. The minimum absolute atomic E-state index is 0.167.